The van der Waals surface area contributed by atoms with E-state index < -0.39 is 11.7 Å². The van der Waals surface area contributed by atoms with Crippen LogP contribution in [0.5, 0.6) is 0 Å². The number of alkyl halides is 3. The Morgan fingerprint density at radius 1 is 1.10 bits per heavy atom. The van der Waals surface area contributed by atoms with Gasteiger partial charge in [-0.05, 0) is 38.4 Å². The quantitative estimate of drug-likeness (QED) is 0.634. The first kappa shape index (κ1) is 19.6. The number of halogens is 4. The van der Waals surface area contributed by atoms with Gasteiger partial charge in [-0.1, -0.05) is 29.8 Å². The van der Waals surface area contributed by atoms with E-state index in [1.165, 1.54) is 6.07 Å². The molecule has 0 amide bonds. The van der Waals surface area contributed by atoms with Crippen molar-refractivity contribution >= 4 is 17.3 Å². The Morgan fingerprint density at radius 2 is 1.86 bits per heavy atom. The Morgan fingerprint density at radius 3 is 2.55 bits per heavy atom. The Balaban J connectivity index is 2.03. The average Bonchev–Trinajstić information content (AvgIpc) is 2.94. The average molecular weight is 420 g/mol. The number of aromatic nitrogens is 3. The highest BCUT2D eigenvalue weighted by Gasteiger charge is 2.37. The molecule has 0 atom stereocenters. The van der Waals surface area contributed by atoms with Gasteiger partial charge in [-0.15, -0.1) is 10.2 Å². The highest BCUT2D eigenvalue weighted by Crippen LogP contribution is 2.38. The van der Waals surface area contributed by atoms with E-state index >= 15 is 0 Å². The fraction of sp³-hybridized carbons (Fsp3) is 0.250. The van der Waals surface area contributed by atoms with Gasteiger partial charge in [0.2, 0.25) is 0 Å². The van der Waals surface area contributed by atoms with E-state index in [9.17, 15) is 13.2 Å². The van der Waals surface area contributed by atoms with Crippen LogP contribution in [0.25, 0.3) is 5.69 Å². The maximum atomic E-state index is 14.0. The summed E-state index contributed by atoms with van der Waals surface area (Å²) in [5, 5.41) is 8.78. The van der Waals surface area contributed by atoms with Gasteiger partial charge >= 0.3 is 6.18 Å². The summed E-state index contributed by atoms with van der Waals surface area (Å²) < 4.78 is 43.6. The summed E-state index contributed by atoms with van der Waals surface area (Å²) in [6.07, 6.45) is -4.55. The highest BCUT2D eigenvalue weighted by atomic mass is 35.5. The van der Waals surface area contributed by atoms with Gasteiger partial charge in [0.1, 0.15) is 6.54 Å². The monoisotopic (exact) mass is 419 g/mol. The van der Waals surface area contributed by atoms with Gasteiger partial charge < -0.3 is 4.90 Å². The van der Waals surface area contributed by atoms with Crippen molar-refractivity contribution in [3.63, 3.8) is 0 Å². The molecule has 0 aliphatic carbocycles. The van der Waals surface area contributed by atoms with Gasteiger partial charge in [-0.3, -0.25) is 9.56 Å². The van der Waals surface area contributed by atoms with Gasteiger partial charge in [0.15, 0.2) is 11.6 Å². The molecule has 1 aliphatic heterocycles. The van der Waals surface area contributed by atoms with Crippen molar-refractivity contribution in [2.75, 3.05) is 14.1 Å². The van der Waals surface area contributed by atoms with Crippen LogP contribution in [0.3, 0.4) is 0 Å². The van der Waals surface area contributed by atoms with Crippen LogP contribution in [0, 0.1) is 0 Å². The molecule has 0 N–H and O–H groups in total. The molecule has 150 valence electrons. The summed E-state index contributed by atoms with van der Waals surface area (Å²) in [5.41, 5.74) is 0.347. The normalized spacial score (nSPS) is 13.7. The summed E-state index contributed by atoms with van der Waals surface area (Å²) in [4.78, 5) is 6.39. The Labute approximate surface area is 170 Å². The number of hydrogen-bond donors (Lipinski definition) is 0. The molecule has 1 aromatic heterocycles. The van der Waals surface area contributed by atoms with Gasteiger partial charge in [0, 0.05) is 16.1 Å². The lowest BCUT2D eigenvalue weighted by Crippen LogP contribution is -2.19. The lowest BCUT2D eigenvalue weighted by Gasteiger charge is -2.19. The second-order valence-electron chi connectivity index (χ2n) is 6.98. The van der Waals surface area contributed by atoms with Gasteiger partial charge in [-0.25, -0.2) is 0 Å². The predicted octanol–water partition coefficient (Wildman–Crippen LogP) is 4.35. The molecule has 0 saturated heterocycles. The summed E-state index contributed by atoms with van der Waals surface area (Å²) in [7, 11) is 3.72. The topological polar surface area (TPSA) is 46.3 Å². The van der Waals surface area contributed by atoms with E-state index in [0.717, 1.165) is 6.07 Å². The number of nitrogens with zero attached hydrogens (tertiary/aromatic N) is 5. The summed E-state index contributed by atoms with van der Waals surface area (Å²) in [5.74, 6) is 1.03. The molecular weight excluding hydrogens is 403 g/mol. The van der Waals surface area contributed by atoms with Crippen molar-refractivity contribution < 1.29 is 13.2 Å². The largest absolute Gasteiger partial charge is 0.417 e. The number of aliphatic imine (C=N–C) groups is 1. The number of fused-ring (bicyclic) bond motifs is 3. The van der Waals surface area contributed by atoms with E-state index in [1.807, 2.05) is 19.0 Å². The molecule has 0 saturated carbocycles. The molecule has 9 heteroatoms. The lowest BCUT2D eigenvalue weighted by atomic mass is 9.95. The molecule has 0 unspecified atom stereocenters. The van der Waals surface area contributed by atoms with Crippen molar-refractivity contribution in [2.24, 2.45) is 4.99 Å². The zero-order valence-corrected chi connectivity index (χ0v) is 16.5. The third kappa shape index (κ3) is 3.65. The van der Waals surface area contributed by atoms with Gasteiger partial charge in [-0.2, -0.15) is 13.2 Å². The van der Waals surface area contributed by atoms with Gasteiger partial charge in [0.25, 0.3) is 0 Å². The Bertz CT molecular complexity index is 1100. The first-order valence-electron chi connectivity index (χ1n) is 8.85. The fourth-order valence-corrected chi connectivity index (χ4v) is 3.62. The Hall–Kier alpha value is -2.71. The molecule has 4 rings (SSSR count). The van der Waals surface area contributed by atoms with Gasteiger partial charge in [0.05, 0.1) is 23.5 Å². The minimum absolute atomic E-state index is 0.000762. The van der Waals surface area contributed by atoms with E-state index in [0.29, 0.717) is 34.5 Å². The van der Waals surface area contributed by atoms with Crippen LogP contribution in [0.1, 0.15) is 28.3 Å². The van der Waals surface area contributed by atoms with E-state index in [1.54, 1.807) is 34.9 Å². The van der Waals surface area contributed by atoms with Crippen LogP contribution < -0.4 is 0 Å². The zero-order valence-electron chi connectivity index (χ0n) is 15.7. The van der Waals surface area contributed by atoms with E-state index in [4.69, 9.17) is 11.6 Å². The smallest absolute Gasteiger partial charge is 0.302 e. The highest BCUT2D eigenvalue weighted by molar-refractivity contribution is 6.31. The molecule has 0 bridgehead atoms. The molecule has 2 heterocycles. The van der Waals surface area contributed by atoms with Crippen LogP contribution in [0.15, 0.2) is 47.5 Å². The number of hydrogen-bond acceptors (Lipinski definition) is 4. The van der Waals surface area contributed by atoms with Crippen LogP contribution in [-0.2, 0) is 19.3 Å². The molecule has 0 fully saturated rings. The Kier molecular flexibility index (Phi) is 4.92. The molecule has 5 nitrogen and oxygen atoms in total. The maximum Gasteiger partial charge on any atom is 0.417 e. The molecule has 2 aromatic carbocycles. The minimum atomic E-state index is -4.55. The first-order valence-corrected chi connectivity index (χ1v) is 9.22. The molecule has 0 radical (unpaired) electrons. The molecule has 3 aromatic rings. The molecule has 29 heavy (non-hydrogen) atoms. The SMILES string of the molecule is CN(C)Cc1nnc2n1-c1cccc(C(F)(F)F)c1C(c1cccc(Cl)c1)=NC2. The first-order chi connectivity index (χ1) is 13.8. The third-order valence-electron chi connectivity index (χ3n) is 4.56. The van der Waals surface area contributed by atoms with E-state index in [2.05, 4.69) is 15.2 Å². The lowest BCUT2D eigenvalue weighted by molar-refractivity contribution is -0.137. The van der Waals surface area contributed by atoms with Crippen molar-refractivity contribution in [1.82, 2.24) is 19.7 Å². The van der Waals surface area contributed by atoms with Crippen molar-refractivity contribution in [3.05, 3.63) is 75.8 Å². The summed E-state index contributed by atoms with van der Waals surface area (Å²) >= 11 is 6.10. The second-order valence-corrected chi connectivity index (χ2v) is 7.41. The van der Waals surface area contributed by atoms with Crippen molar-refractivity contribution in [1.29, 1.82) is 0 Å². The van der Waals surface area contributed by atoms with Crippen molar-refractivity contribution in [2.45, 2.75) is 19.3 Å². The maximum absolute atomic E-state index is 14.0. The molecule has 0 spiro atoms. The third-order valence-corrected chi connectivity index (χ3v) is 4.79. The molecular formula is C20H17ClF3N5. The van der Waals surface area contributed by atoms with Crippen LogP contribution in [0.4, 0.5) is 13.2 Å². The molecule has 1 aliphatic rings. The standard InChI is InChI=1S/C20H17ClF3N5/c1-28(2)11-17-27-26-16-10-25-19(12-5-3-6-13(21)9-12)18-14(20(22,23)24)7-4-8-15(18)29(16)17/h3-9H,10-11H2,1-2H3. The second kappa shape index (κ2) is 7.27. The fourth-order valence-electron chi connectivity index (χ4n) is 3.43. The predicted molar refractivity (Wildman–Crippen MR) is 105 cm³/mol. The minimum Gasteiger partial charge on any atom is -0.302 e. The van der Waals surface area contributed by atoms with Crippen LogP contribution in [-0.4, -0.2) is 39.5 Å². The van der Waals surface area contributed by atoms with E-state index in [-0.39, 0.29) is 17.8 Å². The number of rotatable bonds is 3. The summed E-state index contributed by atoms with van der Waals surface area (Å²) in [6.45, 7) is 0.531. The van der Waals surface area contributed by atoms with Crippen LogP contribution >= 0.6 is 11.6 Å². The van der Waals surface area contributed by atoms with Crippen LogP contribution in [0.2, 0.25) is 5.02 Å². The summed E-state index contributed by atoms with van der Waals surface area (Å²) in [6, 6.07) is 10.8. The number of benzene rings is 2. The zero-order chi connectivity index (χ0) is 20.8. The van der Waals surface area contributed by atoms with Crippen molar-refractivity contribution in [3.8, 4) is 5.69 Å².